The third-order valence-electron chi connectivity index (χ3n) is 3.37. The molecule has 0 bridgehead atoms. The number of rotatable bonds is 6. The minimum atomic E-state index is -0.438. The van der Waals surface area contributed by atoms with Gasteiger partial charge in [0.1, 0.15) is 5.60 Å². The van der Waals surface area contributed by atoms with Gasteiger partial charge in [-0.2, -0.15) is 0 Å². The molecule has 2 N–H and O–H groups in total. The predicted octanol–water partition coefficient (Wildman–Crippen LogP) is 3.32. The summed E-state index contributed by atoms with van der Waals surface area (Å²) in [5.74, 6) is 0. The topological polar surface area (TPSA) is 35.2 Å². The van der Waals surface area contributed by atoms with Crippen molar-refractivity contribution in [1.82, 2.24) is 0 Å². The Labute approximate surface area is 115 Å². The number of ether oxygens (including phenoxy) is 1. The summed E-state index contributed by atoms with van der Waals surface area (Å²) in [7, 11) is 0. The first-order valence-corrected chi connectivity index (χ1v) is 6.78. The molecule has 0 amide bonds. The number of hydrogen-bond acceptors (Lipinski definition) is 2. The van der Waals surface area contributed by atoms with Crippen LogP contribution in [0.3, 0.4) is 0 Å². The van der Waals surface area contributed by atoms with Gasteiger partial charge in [-0.15, -0.1) is 0 Å². The standard InChI is InChI=1S/C17H21NO/c1-2-19-17(13-14-18,15-9-5-3-6-10-15)16-11-7-4-8-12-16/h3-12H,2,13-14,18H2,1H3. The SMILES string of the molecule is CCOC(CCN)(c1ccccc1)c1ccccc1. The smallest absolute Gasteiger partial charge is 0.119 e. The Hall–Kier alpha value is -1.64. The van der Waals surface area contributed by atoms with Crippen LogP contribution in [0.1, 0.15) is 24.5 Å². The van der Waals surface area contributed by atoms with E-state index in [1.807, 2.05) is 43.3 Å². The summed E-state index contributed by atoms with van der Waals surface area (Å²) >= 11 is 0. The van der Waals surface area contributed by atoms with Crippen LogP contribution in [-0.4, -0.2) is 13.2 Å². The molecule has 2 heteroatoms. The molecule has 19 heavy (non-hydrogen) atoms. The van der Waals surface area contributed by atoms with Gasteiger partial charge in [0.2, 0.25) is 0 Å². The van der Waals surface area contributed by atoms with E-state index in [4.69, 9.17) is 10.5 Å². The highest BCUT2D eigenvalue weighted by Gasteiger charge is 2.33. The fraction of sp³-hybridized carbons (Fsp3) is 0.294. The van der Waals surface area contributed by atoms with Crippen molar-refractivity contribution in [3.63, 3.8) is 0 Å². The highest BCUT2D eigenvalue weighted by Crippen LogP contribution is 2.36. The van der Waals surface area contributed by atoms with E-state index >= 15 is 0 Å². The van der Waals surface area contributed by atoms with Crippen LogP contribution in [0.5, 0.6) is 0 Å². The van der Waals surface area contributed by atoms with Crippen molar-refractivity contribution in [2.45, 2.75) is 18.9 Å². The van der Waals surface area contributed by atoms with Crippen LogP contribution in [0.25, 0.3) is 0 Å². The Kier molecular flexibility index (Phi) is 4.72. The molecule has 0 aromatic heterocycles. The molecule has 2 nitrogen and oxygen atoms in total. The van der Waals surface area contributed by atoms with Gasteiger partial charge in [-0.3, -0.25) is 0 Å². The molecule has 0 aliphatic heterocycles. The van der Waals surface area contributed by atoms with Crippen molar-refractivity contribution in [2.24, 2.45) is 5.73 Å². The van der Waals surface area contributed by atoms with Crippen molar-refractivity contribution >= 4 is 0 Å². The Morgan fingerprint density at radius 2 is 1.37 bits per heavy atom. The summed E-state index contributed by atoms with van der Waals surface area (Å²) in [4.78, 5) is 0. The molecule has 100 valence electrons. The summed E-state index contributed by atoms with van der Waals surface area (Å²) < 4.78 is 6.16. The summed E-state index contributed by atoms with van der Waals surface area (Å²) in [6.07, 6.45) is 0.773. The van der Waals surface area contributed by atoms with Gasteiger partial charge in [0.25, 0.3) is 0 Å². The Morgan fingerprint density at radius 1 is 0.895 bits per heavy atom. The highest BCUT2D eigenvalue weighted by molar-refractivity contribution is 5.36. The van der Waals surface area contributed by atoms with Gasteiger partial charge in [-0.05, 0) is 31.0 Å². The summed E-state index contributed by atoms with van der Waals surface area (Å²) in [6.45, 7) is 3.27. The number of benzene rings is 2. The zero-order valence-corrected chi connectivity index (χ0v) is 11.4. The third-order valence-corrected chi connectivity index (χ3v) is 3.37. The second kappa shape index (κ2) is 6.50. The van der Waals surface area contributed by atoms with E-state index in [2.05, 4.69) is 24.3 Å². The van der Waals surface area contributed by atoms with Gasteiger partial charge in [0.05, 0.1) is 0 Å². The zero-order chi connectivity index (χ0) is 13.6. The Bertz CT molecular complexity index is 434. The lowest BCUT2D eigenvalue weighted by atomic mass is 9.83. The summed E-state index contributed by atoms with van der Waals surface area (Å²) in [5.41, 5.74) is 7.72. The molecule has 0 aliphatic carbocycles. The molecule has 0 heterocycles. The molecule has 2 aromatic carbocycles. The van der Waals surface area contributed by atoms with Crippen molar-refractivity contribution < 1.29 is 4.74 Å². The normalized spacial score (nSPS) is 11.5. The van der Waals surface area contributed by atoms with Crippen LogP contribution in [0, 0.1) is 0 Å². The number of hydrogen-bond donors (Lipinski definition) is 1. The van der Waals surface area contributed by atoms with E-state index < -0.39 is 5.60 Å². The molecule has 0 aliphatic rings. The highest BCUT2D eigenvalue weighted by atomic mass is 16.5. The maximum Gasteiger partial charge on any atom is 0.119 e. The van der Waals surface area contributed by atoms with E-state index in [9.17, 15) is 0 Å². The maximum absolute atomic E-state index is 6.16. The molecule has 0 unspecified atom stereocenters. The van der Waals surface area contributed by atoms with E-state index in [1.54, 1.807) is 0 Å². The fourth-order valence-electron chi connectivity index (χ4n) is 2.56. The quantitative estimate of drug-likeness (QED) is 0.859. The van der Waals surface area contributed by atoms with Gasteiger partial charge in [-0.1, -0.05) is 60.7 Å². The average Bonchev–Trinajstić information content (AvgIpc) is 2.49. The Balaban J connectivity index is 2.54. The van der Waals surface area contributed by atoms with Gasteiger partial charge in [0, 0.05) is 6.61 Å². The number of nitrogens with two attached hydrogens (primary N) is 1. The van der Waals surface area contributed by atoms with E-state index in [1.165, 1.54) is 0 Å². The molecule has 0 spiro atoms. The summed E-state index contributed by atoms with van der Waals surface area (Å²) in [6, 6.07) is 20.7. The molecule has 0 saturated carbocycles. The molecule has 0 atom stereocenters. The first kappa shape index (κ1) is 13.8. The third kappa shape index (κ3) is 2.86. The second-order valence-electron chi connectivity index (χ2n) is 4.53. The second-order valence-corrected chi connectivity index (χ2v) is 4.53. The lowest BCUT2D eigenvalue weighted by Crippen LogP contribution is -2.34. The average molecular weight is 255 g/mol. The monoisotopic (exact) mass is 255 g/mol. The summed E-state index contributed by atoms with van der Waals surface area (Å²) in [5, 5.41) is 0. The van der Waals surface area contributed by atoms with Crippen molar-refractivity contribution in [3.8, 4) is 0 Å². The van der Waals surface area contributed by atoms with Crippen LogP contribution in [0.2, 0.25) is 0 Å². The van der Waals surface area contributed by atoms with Crippen molar-refractivity contribution in [2.75, 3.05) is 13.2 Å². The minimum absolute atomic E-state index is 0.438. The van der Waals surface area contributed by atoms with Gasteiger partial charge < -0.3 is 10.5 Å². The van der Waals surface area contributed by atoms with E-state index in [-0.39, 0.29) is 0 Å². The van der Waals surface area contributed by atoms with E-state index in [0.717, 1.165) is 17.5 Å². The first-order valence-electron chi connectivity index (χ1n) is 6.78. The zero-order valence-electron chi connectivity index (χ0n) is 11.4. The fourth-order valence-corrected chi connectivity index (χ4v) is 2.56. The molecule has 0 fully saturated rings. The minimum Gasteiger partial charge on any atom is -0.366 e. The van der Waals surface area contributed by atoms with E-state index in [0.29, 0.717) is 13.2 Å². The van der Waals surface area contributed by atoms with Crippen LogP contribution in [0.4, 0.5) is 0 Å². The lowest BCUT2D eigenvalue weighted by molar-refractivity contribution is -0.0158. The Morgan fingerprint density at radius 3 is 1.74 bits per heavy atom. The van der Waals surface area contributed by atoms with Gasteiger partial charge in [-0.25, -0.2) is 0 Å². The largest absolute Gasteiger partial charge is 0.366 e. The molecule has 2 aromatic rings. The van der Waals surface area contributed by atoms with Crippen LogP contribution >= 0.6 is 0 Å². The van der Waals surface area contributed by atoms with Crippen LogP contribution in [0.15, 0.2) is 60.7 Å². The predicted molar refractivity (Wildman–Crippen MR) is 79.0 cm³/mol. The van der Waals surface area contributed by atoms with Crippen molar-refractivity contribution in [1.29, 1.82) is 0 Å². The molecule has 2 rings (SSSR count). The van der Waals surface area contributed by atoms with Crippen LogP contribution < -0.4 is 5.73 Å². The molecular weight excluding hydrogens is 234 g/mol. The maximum atomic E-state index is 6.16. The molecule has 0 radical (unpaired) electrons. The van der Waals surface area contributed by atoms with Crippen LogP contribution in [-0.2, 0) is 10.3 Å². The van der Waals surface area contributed by atoms with Crippen molar-refractivity contribution in [3.05, 3.63) is 71.8 Å². The lowest BCUT2D eigenvalue weighted by Gasteiger charge is -2.34. The molecular formula is C17H21NO. The molecule has 0 saturated heterocycles. The van der Waals surface area contributed by atoms with Gasteiger partial charge >= 0.3 is 0 Å². The first-order chi connectivity index (χ1) is 9.33. The van der Waals surface area contributed by atoms with Gasteiger partial charge in [0.15, 0.2) is 0 Å².